The number of halogens is 1. The van der Waals surface area contributed by atoms with Gasteiger partial charge in [0.15, 0.2) is 0 Å². The summed E-state index contributed by atoms with van der Waals surface area (Å²) >= 11 is 0. The number of nitrogens with zero attached hydrogens (tertiary/aromatic N) is 2. The quantitative estimate of drug-likeness (QED) is 0.534. The zero-order valence-corrected chi connectivity index (χ0v) is 16.6. The van der Waals surface area contributed by atoms with Gasteiger partial charge in [-0.1, -0.05) is 49.6 Å². The van der Waals surface area contributed by atoms with E-state index in [1.54, 1.807) is 12.1 Å². The molecule has 1 heterocycles. The molecule has 1 amide bonds. The Kier molecular flexibility index (Phi) is 6.09. The Morgan fingerprint density at radius 1 is 0.931 bits per heavy atom. The molecule has 29 heavy (non-hydrogen) atoms. The maximum atomic E-state index is 13.3. The number of amides is 1. The second kappa shape index (κ2) is 9.08. The lowest BCUT2D eigenvalue weighted by Crippen LogP contribution is -2.41. The van der Waals surface area contributed by atoms with Crippen LogP contribution in [0.25, 0.3) is 0 Å². The monoisotopic (exact) mass is 390 g/mol. The first-order valence-corrected chi connectivity index (χ1v) is 10.5. The lowest BCUT2D eigenvalue weighted by Gasteiger charge is -2.35. The second-order valence-corrected chi connectivity index (χ2v) is 7.84. The van der Waals surface area contributed by atoms with Gasteiger partial charge in [-0.05, 0) is 54.8 Å². The molecule has 4 rings (SSSR count). The van der Waals surface area contributed by atoms with Gasteiger partial charge in [-0.3, -0.25) is 4.79 Å². The molecule has 0 aliphatic heterocycles. The fourth-order valence-corrected chi connectivity index (χ4v) is 4.22. The van der Waals surface area contributed by atoms with Gasteiger partial charge in [-0.2, -0.15) is 0 Å². The van der Waals surface area contributed by atoms with Crippen LogP contribution in [-0.2, 0) is 13.1 Å². The smallest absolute Gasteiger partial charge is 0.254 e. The van der Waals surface area contributed by atoms with Crippen molar-refractivity contribution >= 4 is 5.91 Å². The van der Waals surface area contributed by atoms with E-state index in [4.69, 9.17) is 0 Å². The maximum absolute atomic E-state index is 13.3. The molecule has 1 saturated carbocycles. The van der Waals surface area contributed by atoms with Crippen molar-refractivity contribution in [3.05, 3.63) is 95.6 Å². The fourth-order valence-electron chi connectivity index (χ4n) is 4.22. The van der Waals surface area contributed by atoms with Crippen molar-refractivity contribution in [2.24, 2.45) is 0 Å². The Morgan fingerprint density at radius 2 is 1.66 bits per heavy atom. The first-order valence-electron chi connectivity index (χ1n) is 10.5. The summed E-state index contributed by atoms with van der Waals surface area (Å²) in [4.78, 5) is 15.3. The molecule has 0 bridgehead atoms. The van der Waals surface area contributed by atoms with Gasteiger partial charge in [0.05, 0.1) is 6.54 Å². The van der Waals surface area contributed by atoms with E-state index in [2.05, 4.69) is 29.0 Å². The molecular formula is C25H27FN2O. The number of aromatic nitrogens is 1. The lowest BCUT2D eigenvalue weighted by atomic mass is 9.93. The predicted molar refractivity (Wildman–Crippen MR) is 113 cm³/mol. The van der Waals surface area contributed by atoms with Gasteiger partial charge in [0.1, 0.15) is 5.82 Å². The van der Waals surface area contributed by atoms with Gasteiger partial charge in [-0.25, -0.2) is 4.39 Å². The second-order valence-electron chi connectivity index (χ2n) is 7.84. The van der Waals surface area contributed by atoms with Crippen molar-refractivity contribution in [3.8, 4) is 0 Å². The van der Waals surface area contributed by atoms with Crippen LogP contribution in [0.5, 0.6) is 0 Å². The first kappa shape index (κ1) is 19.4. The topological polar surface area (TPSA) is 25.2 Å². The van der Waals surface area contributed by atoms with E-state index >= 15 is 0 Å². The molecule has 1 fully saturated rings. The molecule has 0 spiro atoms. The average molecular weight is 391 g/mol. The summed E-state index contributed by atoms with van der Waals surface area (Å²) in [5, 5.41) is 0. The summed E-state index contributed by atoms with van der Waals surface area (Å²) in [6.07, 6.45) is 7.69. The van der Waals surface area contributed by atoms with Gasteiger partial charge >= 0.3 is 0 Å². The fraction of sp³-hybridized carbons (Fsp3) is 0.320. The zero-order valence-electron chi connectivity index (χ0n) is 16.6. The van der Waals surface area contributed by atoms with E-state index in [9.17, 15) is 9.18 Å². The van der Waals surface area contributed by atoms with E-state index in [1.165, 1.54) is 24.1 Å². The summed E-state index contributed by atoms with van der Waals surface area (Å²) in [7, 11) is 0. The van der Waals surface area contributed by atoms with Crippen LogP contribution in [-0.4, -0.2) is 21.4 Å². The number of carbonyl (C=O) groups excluding carboxylic acids is 1. The highest BCUT2D eigenvalue weighted by molar-refractivity contribution is 5.94. The summed E-state index contributed by atoms with van der Waals surface area (Å²) < 4.78 is 15.6. The molecule has 1 aromatic heterocycles. The third-order valence-corrected chi connectivity index (χ3v) is 5.82. The minimum Gasteiger partial charge on any atom is -0.345 e. The Hall–Kier alpha value is -2.88. The molecule has 0 N–H and O–H groups in total. The summed E-state index contributed by atoms with van der Waals surface area (Å²) in [6.45, 7) is 1.35. The summed E-state index contributed by atoms with van der Waals surface area (Å²) in [6, 6.07) is 20.6. The Balaban J connectivity index is 1.58. The van der Waals surface area contributed by atoms with Crippen LogP contribution in [0.15, 0.2) is 72.9 Å². The molecule has 3 aromatic rings. The van der Waals surface area contributed by atoms with Crippen LogP contribution < -0.4 is 0 Å². The largest absolute Gasteiger partial charge is 0.345 e. The average Bonchev–Trinajstić information content (AvgIpc) is 3.20. The van der Waals surface area contributed by atoms with Crippen molar-refractivity contribution in [2.75, 3.05) is 0 Å². The maximum Gasteiger partial charge on any atom is 0.254 e. The summed E-state index contributed by atoms with van der Waals surface area (Å²) in [5.74, 6) is -0.327. The molecule has 0 saturated heterocycles. The molecule has 0 unspecified atom stereocenters. The van der Waals surface area contributed by atoms with Crippen LogP contribution in [0.4, 0.5) is 4.39 Å². The van der Waals surface area contributed by atoms with E-state index in [1.807, 2.05) is 29.2 Å². The summed E-state index contributed by atoms with van der Waals surface area (Å²) in [5.41, 5.74) is 2.91. The molecule has 1 aliphatic carbocycles. The Bertz CT molecular complexity index is 927. The molecule has 3 nitrogen and oxygen atoms in total. The molecule has 1 aliphatic rings. The first-order chi connectivity index (χ1) is 14.2. The highest BCUT2D eigenvalue weighted by Crippen LogP contribution is 2.26. The lowest BCUT2D eigenvalue weighted by molar-refractivity contribution is 0.0608. The van der Waals surface area contributed by atoms with Crippen molar-refractivity contribution in [1.29, 1.82) is 0 Å². The van der Waals surface area contributed by atoms with Crippen LogP contribution in [0, 0.1) is 5.82 Å². The number of carbonyl (C=O) groups is 1. The van der Waals surface area contributed by atoms with Crippen molar-refractivity contribution < 1.29 is 9.18 Å². The van der Waals surface area contributed by atoms with Gasteiger partial charge in [-0.15, -0.1) is 0 Å². The van der Waals surface area contributed by atoms with Crippen molar-refractivity contribution in [2.45, 2.75) is 51.2 Å². The molecule has 150 valence electrons. The number of hydrogen-bond acceptors (Lipinski definition) is 1. The molecule has 2 aromatic carbocycles. The number of rotatable bonds is 6. The molecule has 0 atom stereocenters. The number of benzene rings is 2. The van der Waals surface area contributed by atoms with Crippen LogP contribution in [0.2, 0.25) is 0 Å². The van der Waals surface area contributed by atoms with E-state index < -0.39 is 0 Å². The minimum atomic E-state index is -0.317. The number of hydrogen-bond donors (Lipinski definition) is 0. The SMILES string of the molecule is O=C(c1ccc(F)cc1)N(Cc1cccn1Cc1ccccc1)C1CCCCC1. The third-order valence-electron chi connectivity index (χ3n) is 5.82. The standard InChI is InChI=1S/C25H27FN2O/c26-22-15-13-21(14-16-22)25(29)28(23-10-5-2-6-11-23)19-24-12-7-17-27(24)18-20-8-3-1-4-9-20/h1,3-4,7-9,12-17,23H,2,5-6,10-11,18-19H2. The molecule has 4 heteroatoms. The molecule has 0 radical (unpaired) electrons. The Morgan fingerprint density at radius 3 is 2.38 bits per heavy atom. The van der Waals surface area contributed by atoms with E-state index in [0.717, 1.165) is 37.9 Å². The minimum absolute atomic E-state index is 0.00985. The highest BCUT2D eigenvalue weighted by Gasteiger charge is 2.27. The van der Waals surface area contributed by atoms with Crippen LogP contribution in [0.1, 0.15) is 53.7 Å². The normalized spacial score (nSPS) is 14.7. The van der Waals surface area contributed by atoms with E-state index in [-0.39, 0.29) is 17.8 Å². The van der Waals surface area contributed by atoms with Gasteiger partial charge in [0, 0.05) is 30.0 Å². The van der Waals surface area contributed by atoms with Gasteiger partial charge < -0.3 is 9.47 Å². The van der Waals surface area contributed by atoms with Crippen molar-refractivity contribution in [3.63, 3.8) is 0 Å². The van der Waals surface area contributed by atoms with Gasteiger partial charge in [0.2, 0.25) is 0 Å². The molecular weight excluding hydrogens is 363 g/mol. The third kappa shape index (κ3) is 4.76. The van der Waals surface area contributed by atoms with Gasteiger partial charge in [0.25, 0.3) is 5.91 Å². The van der Waals surface area contributed by atoms with Crippen LogP contribution >= 0.6 is 0 Å². The van der Waals surface area contributed by atoms with Crippen LogP contribution in [0.3, 0.4) is 0 Å². The highest BCUT2D eigenvalue weighted by atomic mass is 19.1. The Labute approximate surface area is 171 Å². The van der Waals surface area contributed by atoms with Crippen molar-refractivity contribution in [1.82, 2.24) is 9.47 Å². The predicted octanol–water partition coefficient (Wildman–Crippen LogP) is 5.65. The van der Waals surface area contributed by atoms with E-state index in [0.29, 0.717) is 12.1 Å². The zero-order chi connectivity index (χ0) is 20.1.